The molecule has 0 amide bonds. The van der Waals surface area contributed by atoms with Gasteiger partial charge >= 0.3 is 12.1 Å². The van der Waals surface area contributed by atoms with E-state index in [1.807, 2.05) is 0 Å². The summed E-state index contributed by atoms with van der Waals surface area (Å²) in [4.78, 5) is 4.12. The van der Waals surface area contributed by atoms with Gasteiger partial charge in [-0.05, 0) is 29.8 Å². The first-order valence-electron chi connectivity index (χ1n) is 7.98. The molecule has 2 aromatic heterocycles. The van der Waals surface area contributed by atoms with Crippen LogP contribution >= 0.6 is 0 Å². The fraction of sp³-hybridized carbons (Fsp3) is 0.235. The number of benzene rings is 1. The molecular formula is C17H15F3N4O3S. The van der Waals surface area contributed by atoms with Gasteiger partial charge in [-0.2, -0.15) is 17.5 Å². The summed E-state index contributed by atoms with van der Waals surface area (Å²) in [5.74, 6) is -1.70. The number of rotatable bonds is 6. The first-order chi connectivity index (χ1) is 13.1. The third-order valence-electron chi connectivity index (χ3n) is 3.76. The molecule has 0 spiro atoms. The molecule has 7 nitrogen and oxygen atoms in total. The molecule has 0 aliphatic heterocycles. The molecular weight excluding hydrogens is 397 g/mol. The molecule has 2 heterocycles. The number of halogens is 3. The van der Waals surface area contributed by atoms with Gasteiger partial charge in [-0.15, -0.1) is 10.2 Å². The van der Waals surface area contributed by atoms with Crippen molar-refractivity contribution in [1.82, 2.24) is 19.5 Å². The SMILES string of the molecule is CS(=O)(=O)N(Cc1ccc(-c2nnc(C(F)(F)F)o2)cc1)Cc1ccccn1. The molecule has 0 aliphatic rings. The zero-order chi connectivity index (χ0) is 20.4. The molecule has 0 saturated carbocycles. The van der Waals surface area contributed by atoms with E-state index in [1.54, 1.807) is 36.5 Å². The van der Waals surface area contributed by atoms with Crippen molar-refractivity contribution in [2.75, 3.05) is 6.26 Å². The van der Waals surface area contributed by atoms with Gasteiger partial charge in [0.15, 0.2) is 0 Å². The van der Waals surface area contributed by atoms with Crippen molar-refractivity contribution in [2.45, 2.75) is 19.3 Å². The molecule has 3 aromatic rings. The molecule has 0 unspecified atom stereocenters. The summed E-state index contributed by atoms with van der Waals surface area (Å²) in [5, 5.41) is 6.37. The fourth-order valence-corrected chi connectivity index (χ4v) is 3.12. The number of alkyl halides is 3. The van der Waals surface area contributed by atoms with Crippen molar-refractivity contribution in [3.05, 3.63) is 65.8 Å². The lowest BCUT2D eigenvalue weighted by Gasteiger charge is -2.19. The van der Waals surface area contributed by atoms with Gasteiger partial charge in [0.2, 0.25) is 15.9 Å². The van der Waals surface area contributed by atoms with Gasteiger partial charge in [0.05, 0.1) is 18.5 Å². The Kier molecular flexibility index (Phi) is 5.47. The zero-order valence-electron chi connectivity index (χ0n) is 14.6. The number of hydrogen-bond donors (Lipinski definition) is 0. The number of aromatic nitrogens is 3. The van der Waals surface area contributed by atoms with Crippen LogP contribution in [0, 0.1) is 0 Å². The molecule has 0 N–H and O–H groups in total. The second-order valence-electron chi connectivity index (χ2n) is 5.96. The summed E-state index contributed by atoms with van der Waals surface area (Å²) in [5.41, 5.74) is 1.53. The first kappa shape index (κ1) is 20.0. The smallest absolute Gasteiger partial charge is 0.413 e. The molecule has 0 bridgehead atoms. The Bertz CT molecular complexity index is 1040. The van der Waals surface area contributed by atoms with E-state index in [0.717, 1.165) is 6.26 Å². The van der Waals surface area contributed by atoms with E-state index < -0.39 is 22.1 Å². The topological polar surface area (TPSA) is 89.2 Å². The third-order valence-corrected chi connectivity index (χ3v) is 4.96. The second kappa shape index (κ2) is 7.68. The average Bonchev–Trinajstić information content (AvgIpc) is 3.12. The Balaban J connectivity index is 1.77. The standard InChI is InChI=1S/C17H15F3N4O3S/c1-28(25,26)24(11-14-4-2-3-9-21-14)10-12-5-7-13(8-6-12)15-22-23-16(27-15)17(18,19)20/h2-9H,10-11H2,1H3. The van der Waals surface area contributed by atoms with Gasteiger partial charge in [-0.1, -0.05) is 18.2 Å². The van der Waals surface area contributed by atoms with Gasteiger partial charge in [0, 0.05) is 18.3 Å². The van der Waals surface area contributed by atoms with Crippen molar-refractivity contribution < 1.29 is 26.0 Å². The van der Waals surface area contributed by atoms with E-state index in [1.165, 1.54) is 16.4 Å². The Morgan fingerprint density at radius 2 is 1.75 bits per heavy atom. The van der Waals surface area contributed by atoms with Crippen LogP contribution < -0.4 is 0 Å². The van der Waals surface area contributed by atoms with E-state index >= 15 is 0 Å². The van der Waals surface area contributed by atoms with Gasteiger partial charge < -0.3 is 4.42 Å². The van der Waals surface area contributed by atoms with Gasteiger partial charge in [-0.3, -0.25) is 4.98 Å². The molecule has 1 aromatic carbocycles. The summed E-state index contributed by atoms with van der Waals surface area (Å²) in [6.07, 6.45) is -2.04. The Labute approximate surface area is 158 Å². The van der Waals surface area contributed by atoms with Crippen LogP contribution in [0.5, 0.6) is 0 Å². The van der Waals surface area contributed by atoms with Gasteiger partial charge in [0.1, 0.15) is 0 Å². The van der Waals surface area contributed by atoms with Crippen molar-refractivity contribution in [3.8, 4) is 11.5 Å². The second-order valence-corrected chi connectivity index (χ2v) is 7.94. The maximum atomic E-state index is 12.6. The van der Waals surface area contributed by atoms with Crippen LogP contribution in [0.15, 0.2) is 53.1 Å². The maximum Gasteiger partial charge on any atom is 0.470 e. The third kappa shape index (κ3) is 4.93. The highest BCUT2D eigenvalue weighted by molar-refractivity contribution is 7.88. The van der Waals surface area contributed by atoms with E-state index in [4.69, 9.17) is 0 Å². The lowest BCUT2D eigenvalue weighted by Crippen LogP contribution is -2.29. The zero-order valence-corrected chi connectivity index (χ0v) is 15.4. The van der Waals surface area contributed by atoms with E-state index in [2.05, 4.69) is 19.6 Å². The molecule has 0 atom stereocenters. The highest BCUT2D eigenvalue weighted by atomic mass is 32.2. The minimum atomic E-state index is -4.72. The quantitative estimate of drug-likeness (QED) is 0.618. The molecule has 0 saturated heterocycles. The number of pyridine rings is 1. The molecule has 148 valence electrons. The van der Waals surface area contributed by atoms with Crippen molar-refractivity contribution >= 4 is 10.0 Å². The molecule has 3 rings (SSSR count). The summed E-state index contributed by atoms with van der Waals surface area (Å²) in [7, 11) is -3.51. The van der Waals surface area contributed by atoms with Crippen LogP contribution in [0.4, 0.5) is 13.2 Å². The molecule has 11 heteroatoms. The van der Waals surface area contributed by atoms with Gasteiger partial charge in [-0.25, -0.2) is 8.42 Å². The minimum Gasteiger partial charge on any atom is -0.413 e. The number of hydrogen-bond acceptors (Lipinski definition) is 6. The van der Waals surface area contributed by atoms with Crippen LogP contribution in [-0.4, -0.2) is 34.2 Å². The summed E-state index contributed by atoms with van der Waals surface area (Å²) in [6, 6.07) is 11.4. The molecule has 0 aliphatic carbocycles. The lowest BCUT2D eigenvalue weighted by molar-refractivity contribution is -0.156. The molecule has 0 fully saturated rings. The van der Waals surface area contributed by atoms with Crippen molar-refractivity contribution in [2.24, 2.45) is 0 Å². The first-order valence-corrected chi connectivity index (χ1v) is 9.83. The monoisotopic (exact) mass is 412 g/mol. The van der Waals surface area contributed by atoms with Crippen LogP contribution in [0.1, 0.15) is 17.1 Å². The van der Waals surface area contributed by atoms with Crippen molar-refractivity contribution in [3.63, 3.8) is 0 Å². The summed E-state index contributed by atoms with van der Waals surface area (Å²) in [6.45, 7) is 0.174. The van der Waals surface area contributed by atoms with Gasteiger partial charge in [0.25, 0.3) is 0 Å². The largest absolute Gasteiger partial charge is 0.470 e. The van der Waals surface area contributed by atoms with Crippen LogP contribution in [0.2, 0.25) is 0 Å². The van der Waals surface area contributed by atoms with E-state index in [-0.39, 0.29) is 19.0 Å². The summed E-state index contributed by atoms with van der Waals surface area (Å²) < 4.78 is 67.7. The summed E-state index contributed by atoms with van der Waals surface area (Å²) >= 11 is 0. The Hall–Kier alpha value is -2.79. The fourth-order valence-electron chi connectivity index (χ4n) is 2.37. The highest BCUT2D eigenvalue weighted by Crippen LogP contribution is 2.30. The van der Waals surface area contributed by atoms with E-state index in [9.17, 15) is 21.6 Å². The predicted octanol–water partition coefficient (Wildman–Crippen LogP) is 3.11. The lowest BCUT2D eigenvalue weighted by atomic mass is 10.1. The maximum absolute atomic E-state index is 12.6. The Morgan fingerprint density at radius 1 is 1.04 bits per heavy atom. The highest BCUT2D eigenvalue weighted by Gasteiger charge is 2.38. The van der Waals surface area contributed by atoms with Crippen molar-refractivity contribution in [1.29, 1.82) is 0 Å². The Morgan fingerprint density at radius 3 is 2.29 bits per heavy atom. The predicted molar refractivity (Wildman–Crippen MR) is 93.1 cm³/mol. The van der Waals surface area contributed by atoms with Crippen LogP contribution in [0.3, 0.4) is 0 Å². The average molecular weight is 412 g/mol. The minimum absolute atomic E-state index is 0.0767. The number of sulfonamides is 1. The molecule has 28 heavy (non-hydrogen) atoms. The normalized spacial score (nSPS) is 12.5. The van der Waals surface area contributed by atoms with Crippen LogP contribution in [0.25, 0.3) is 11.5 Å². The van der Waals surface area contributed by atoms with E-state index in [0.29, 0.717) is 16.8 Å². The van der Waals surface area contributed by atoms with Crippen LogP contribution in [-0.2, 0) is 29.3 Å². The molecule has 0 radical (unpaired) electrons. The number of nitrogens with zero attached hydrogens (tertiary/aromatic N) is 4.